The van der Waals surface area contributed by atoms with Gasteiger partial charge in [0.2, 0.25) is 0 Å². The molecule has 0 fully saturated rings. The first-order valence-electron chi connectivity index (χ1n) is 3.21. The SMILES string of the molecule is CC(O)CC=O.c1cscn1. The third kappa shape index (κ3) is 9.26. The maximum Gasteiger partial charge on any atom is 0.122 e. The number of hydrogen-bond donors (Lipinski definition) is 1. The number of thiazole rings is 1. The van der Waals surface area contributed by atoms with E-state index in [4.69, 9.17) is 5.11 Å². The quantitative estimate of drug-likeness (QED) is 0.681. The molecular formula is C7H11NO2S. The summed E-state index contributed by atoms with van der Waals surface area (Å²) in [5.74, 6) is 0. The number of carbonyl (C=O) groups excluding carboxylic acids is 1. The second kappa shape index (κ2) is 7.37. The first-order chi connectivity index (χ1) is 5.27. The molecule has 1 aromatic heterocycles. The molecule has 0 aromatic carbocycles. The molecule has 1 aromatic rings. The Labute approximate surface area is 69.7 Å². The van der Waals surface area contributed by atoms with Gasteiger partial charge in [0.05, 0.1) is 11.6 Å². The minimum Gasteiger partial charge on any atom is -0.393 e. The lowest BCUT2D eigenvalue weighted by Gasteiger charge is -1.89. The van der Waals surface area contributed by atoms with Crippen molar-refractivity contribution in [3.05, 3.63) is 17.1 Å². The normalized spacial score (nSPS) is 11.1. The summed E-state index contributed by atoms with van der Waals surface area (Å²) in [4.78, 5) is 13.2. The molecule has 1 N–H and O–H groups in total. The van der Waals surface area contributed by atoms with Crippen LogP contribution >= 0.6 is 11.3 Å². The molecule has 0 bridgehead atoms. The predicted octanol–water partition coefficient (Wildman–Crippen LogP) is 1.10. The van der Waals surface area contributed by atoms with Gasteiger partial charge in [-0.15, -0.1) is 11.3 Å². The van der Waals surface area contributed by atoms with Crippen molar-refractivity contribution in [2.24, 2.45) is 0 Å². The summed E-state index contributed by atoms with van der Waals surface area (Å²) in [6, 6.07) is 0. The Kier molecular flexibility index (Phi) is 6.87. The van der Waals surface area contributed by atoms with Gasteiger partial charge in [0, 0.05) is 18.0 Å². The van der Waals surface area contributed by atoms with Gasteiger partial charge in [0.25, 0.3) is 0 Å². The highest BCUT2D eigenvalue weighted by Crippen LogP contribution is 1.85. The first kappa shape index (κ1) is 10.3. The maximum atomic E-state index is 9.46. The van der Waals surface area contributed by atoms with E-state index in [9.17, 15) is 4.79 Å². The lowest BCUT2D eigenvalue weighted by atomic mass is 10.3. The summed E-state index contributed by atoms with van der Waals surface area (Å²) in [5.41, 5.74) is 1.79. The largest absolute Gasteiger partial charge is 0.393 e. The number of aromatic nitrogens is 1. The molecule has 0 amide bonds. The second-order valence-electron chi connectivity index (χ2n) is 1.93. The summed E-state index contributed by atoms with van der Waals surface area (Å²) in [7, 11) is 0. The van der Waals surface area contributed by atoms with Crippen LogP contribution in [0.25, 0.3) is 0 Å². The van der Waals surface area contributed by atoms with Gasteiger partial charge < -0.3 is 9.90 Å². The topological polar surface area (TPSA) is 50.2 Å². The Morgan fingerprint density at radius 1 is 1.82 bits per heavy atom. The van der Waals surface area contributed by atoms with Gasteiger partial charge in [-0.05, 0) is 6.92 Å². The molecule has 0 saturated carbocycles. The zero-order chi connectivity index (χ0) is 8.53. The number of rotatable bonds is 2. The van der Waals surface area contributed by atoms with E-state index in [0.717, 1.165) is 0 Å². The molecule has 0 spiro atoms. The molecule has 0 saturated heterocycles. The average molecular weight is 173 g/mol. The summed E-state index contributed by atoms with van der Waals surface area (Å²) in [6.07, 6.45) is 2.25. The first-order valence-corrected chi connectivity index (χ1v) is 4.15. The van der Waals surface area contributed by atoms with Crippen LogP contribution in [0.2, 0.25) is 0 Å². The fourth-order valence-electron chi connectivity index (χ4n) is 0.315. The molecule has 1 rings (SSSR count). The summed E-state index contributed by atoms with van der Waals surface area (Å²) < 4.78 is 0. The van der Waals surface area contributed by atoms with E-state index in [2.05, 4.69) is 4.98 Å². The van der Waals surface area contributed by atoms with E-state index in [1.165, 1.54) is 0 Å². The average Bonchev–Trinajstić information content (AvgIpc) is 2.41. The number of aliphatic hydroxyl groups is 1. The number of nitrogens with zero attached hydrogens (tertiary/aromatic N) is 1. The van der Waals surface area contributed by atoms with Crippen LogP contribution in [0.3, 0.4) is 0 Å². The lowest BCUT2D eigenvalue weighted by molar-refractivity contribution is -0.109. The van der Waals surface area contributed by atoms with Gasteiger partial charge in [-0.2, -0.15) is 0 Å². The molecule has 4 heteroatoms. The van der Waals surface area contributed by atoms with Crippen LogP contribution < -0.4 is 0 Å². The minimum absolute atomic E-state index is 0.250. The summed E-state index contributed by atoms with van der Waals surface area (Å²) in [5, 5.41) is 10.3. The van der Waals surface area contributed by atoms with E-state index >= 15 is 0 Å². The third-order valence-corrected chi connectivity index (χ3v) is 1.31. The van der Waals surface area contributed by atoms with Gasteiger partial charge in [0.15, 0.2) is 0 Å². The fraction of sp³-hybridized carbons (Fsp3) is 0.429. The highest BCUT2D eigenvalue weighted by molar-refractivity contribution is 7.07. The van der Waals surface area contributed by atoms with Crippen molar-refractivity contribution in [1.82, 2.24) is 4.98 Å². The van der Waals surface area contributed by atoms with Crippen LogP contribution in [-0.4, -0.2) is 22.5 Å². The smallest absolute Gasteiger partial charge is 0.122 e. The highest BCUT2D eigenvalue weighted by atomic mass is 32.1. The van der Waals surface area contributed by atoms with Gasteiger partial charge in [-0.3, -0.25) is 4.98 Å². The van der Waals surface area contributed by atoms with Crippen molar-refractivity contribution in [3.63, 3.8) is 0 Å². The van der Waals surface area contributed by atoms with Crippen LogP contribution in [0, 0.1) is 0 Å². The number of aliphatic hydroxyl groups excluding tert-OH is 1. The standard InChI is InChI=1S/C4H8O2.C3H3NS/c1-4(6)2-3-5;1-2-5-3-4-1/h3-4,6H,2H2,1H3;1-3H. The van der Waals surface area contributed by atoms with E-state index in [1.807, 2.05) is 5.38 Å². The molecule has 0 radical (unpaired) electrons. The number of aldehydes is 1. The molecule has 3 nitrogen and oxygen atoms in total. The monoisotopic (exact) mass is 173 g/mol. The van der Waals surface area contributed by atoms with Crippen LogP contribution in [-0.2, 0) is 4.79 Å². The van der Waals surface area contributed by atoms with Gasteiger partial charge >= 0.3 is 0 Å². The minimum atomic E-state index is -0.470. The molecule has 1 unspecified atom stereocenters. The molecular weight excluding hydrogens is 162 g/mol. The Bertz CT molecular complexity index is 146. The van der Waals surface area contributed by atoms with Gasteiger partial charge in [-0.25, -0.2) is 0 Å². The molecule has 0 aliphatic carbocycles. The van der Waals surface area contributed by atoms with Crippen molar-refractivity contribution in [3.8, 4) is 0 Å². The van der Waals surface area contributed by atoms with E-state index in [-0.39, 0.29) is 6.42 Å². The highest BCUT2D eigenvalue weighted by Gasteiger charge is 1.87. The van der Waals surface area contributed by atoms with Crippen LogP contribution in [0.5, 0.6) is 0 Å². The molecule has 62 valence electrons. The van der Waals surface area contributed by atoms with Crippen molar-refractivity contribution >= 4 is 17.6 Å². The Balaban J connectivity index is 0.000000183. The van der Waals surface area contributed by atoms with E-state index < -0.39 is 6.10 Å². The molecule has 0 aliphatic rings. The summed E-state index contributed by atoms with van der Waals surface area (Å²) >= 11 is 1.60. The Hall–Kier alpha value is -0.740. The Morgan fingerprint density at radius 3 is 2.64 bits per heavy atom. The zero-order valence-corrected chi connectivity index (χ0v) is 7.12. The third-order valence-electron chi connectivity index (χ3n) is 0.785. The van der Waals surface area contributed by atoms with Crippen LogP contribution in [0.15, 0.2) is 17.1 Å². The second-order valence-corrected chi connectivity index (χ2v) is 2.68. The molecule has 11 heavy (non-hydrogen) atoms. The van der Waals surface area contributed by atoms with Crippen LogP contribution in [0.1, 0.15) is 13.3 Å². The molecule has 1 heterocycles. The van der Waals surface area contributed by atoms with Gasteiger partial charge in [-0.1, -0.05) is 0 Å². The molecule has 1 atom stereocenters. The summed E-state index contributed by atoms with van der Waals surface area (Å²) in [6.45, 7) is 1.58. The van der Waals surface area contributed by atoms with Crippen LogP contribution in [0.4, 0.5) is 0 Å². The maximum absolute atomic E-state index is 9.46. The van der Waals surface area contributed by atoms with Crippen molar-refractivity contribution < 1.29 is 9.90 Å². The lowest BCUT2D eigenvalue weighted by Crippen LogP contribution is -1.97. The fourth-order valence-corrected chi connectivity index (χ4v) is 0.666. The van der Waals surface area contributed by atoms with E-state index in [1.54, 1.807) is 30.0 Å². The Morgan fingerprint density at radius 2 is 2.55 bits per heavy atom. The van der Waals surface area contributed by atoms with Crippen molar-refractivity contribution in [1.29, 1.82) is 0 Å². The van der Waals surface area contributed by atoms with Gasteiger partial charge in [0.1, 0.15) is 6.29 Å². The van der Waals surface area contributed by atoms with Crippen molar-refractivity contribution in [2.45, 2.75) is 19.4 Å². The van der Waals surface area contributed by atoms with E-state index in [0.29, 0.717) is 6.29 Å². The number of carbonyl (C=O) groups is 1. The predicted molar refractivity (Wildman–Crippen MR) is 44.5 cm³/mol. The molecule has 0 aliphatic heterocycles. The van der Waals surface area contributed by atoms with Crippen molar-refractivity contribution in [2.75, 3.05) is 0 Å². The zero-order valence-electron chi connectivity index (χ0n) is 6.30. The number of hydrogen-bond acceptors (Lipinski definition) is 4.